The molecule has 0 spiro atoms. The van der Waals surface area contributed by atoms with E-state index in [2.05, 4.69) is 39.5 Å². The zero-order chi connectivity index (χ0) is 12.3. The maximum Gasteiger partial charge on any atom is 0.223 e. The van der Waals surface area contributed by atoms with E-state index in [1.165, 1.54) is 5.01 Å². The number of thiazole rings is 1. The summed E-state index contributed by atoms with van der Waals surface area (Å²) >= 11 is 1.70. The lowest BCUT2D eigenvalue weighted by atomic mass is 10.2. The molecule has 2 aromatic heterocycles. The Hall–Kier alpha value is -1.49. The van der Waals surface area contributed by atoms with E-state index in [1.807, 2.05) is 13.0 Å². The third-order valence-electron chi connectivity index (χ3n) is 2.46. The van der Waals surface area contributed by atoms with Crippen molar-refractivity contribution in [3.8, 4) is 0 Å². The van der Waals surface area contributed by atoms with Crippen LogP contribution in [0.2, 0.25) is 0 Å². The third kappa shape index (κ3) is 3.00. The minimum absolute atomic E-state index is 0.133. The summed E-state index contributed by atoms with van der Waals surface area (Å²) in [6.07, 6.45) is 2.74. The molecule has 17 heavy (non-hydrogen) atoms. The van der Waals surface area contributed by atoms with E-state index in [0.717, 1.165) is 17.8 Å². The predicted molar refractivity (Wildman–Crippen MR) is 70.3 cm³/mol. The van der Waals surface area contributed by atoms with Crippen molar-refractivity contribution in [2.75, 3.05) is 5.32 Å². The summed E-state index contributed by atoms with van der Waals surface area (Å²) < 4.78 is 0. The first kappa shape index (κ1) is 12.0. The van der Waals surface area contributed by atoms with Gasteiger partial charge in [0, 0.05) is 17.3 Å². The SMILES string of the molecule is CCc1nc(C(C)Nc2nccc(C)n2)cs1. The largest absolute Gasteiger partial charge is 0.346 e. The first-order valence-electron chi connectivity index (χ1n) is 5.69. The molecule has 2 rings (SSSR count). The average Bonchev–Trinajstić information content (AvgIpc) is 2.77. The van der Waals surface area contributed by atoms with Gasteiger partial charge in [0.05, 0.1) is 16.7 Å². The fourth-order valence-electron chi connectivity index (χ4n) is 1.47. The standard InChI is InChI=1S/C12H16N4S/c1-4-11-16-10(7-17-11)9(3)15-12-13-6-5-8(2)14-12/h5-7,9H,4H2,1-3H3,(H,13,14,15). The van der Waals surface area contributed by atoms with Gasteiger partial charge in [-0.25, -0.2) is 15.0 Å². The number of hydrogen-bond acceptors (Lipinski definition) is 5. The Morgan fingerprint density at radius 1 is 1.41 bits per heavy atom. The molecule has 0 radical (unpaired) electrons. The number of rotatable bonds is 4. The number of anilines is 1. The van der Waals surface area contributed by atoms with Crippen LogP contribution in [0.3, 0.4) is 0 Å². The van der Waals surface area contributed by atoms with Crippen LogP contribution in [-0.4, -0.2) is 15.0 Å². The second-order valence-electron chi connectivity index (χ2n) is 3.91. The van der Waals surface area contributed by atoms with Crippen molar-refractivity contribution >= 4 is 17.3 Å². The van der Waals surface area contributed by atoms with Crippen LogP contribution in [0.4, 0.5) is 5.95 Å². The van der Waals surface area contributed by atoms with Crippen molar-refractivity contribution < 1.29 is 0 Å². The van der Waals surface area contributed by atoms with E-state index in [-0.39, 0.29) is 6.04 Å². The number of nitrogens with one attached hydrogen (secondary N) is 1. The van der Waals surface area contributed by atoms with Crippen molar-refractivity contribution in [2.24, 2.45) is 0 Å². The summed E-state index contributed by atoms with van der Waals surface area (Å²) in [4.78, 5) is 13.1. The van der Waals surface area contributed by atoms with Gasteiger partial charge in [0.25, 0.3) is 0 Å². The van der Waals surface area contributed by atoms with Gasteiger partial charge in [-0.1, -0.05) is 6.92 Å². The highest BCUT2D eigenvalue weighted by Gasteiger charge is 2.10. The highest BCUT2D eigenvalue weighted by molar-refractivity contribution is 7.09. The van der Waals surface area contributed by atoms with Crippen LogP contribution >= 0.6 is 11.3 Å². The van der Waals surface area contributed by atoms with Gasteiger partial charge < -0.3 is 5.32 Å². The Morgan fingerprint density at radius 3 is 2.88 bits per heavy atom. The second kappa shape index (κ2) is 5.23. The van der Waals surface area contributed by atoms with Crippen molar-refractivity contribution in [1.29, 1.82) is 0 Å². The highest BCUT2D eigenvalue weighted by Crippen LogP contribution is 2.19. The normalized spacial score (nSPS) is 12.4. The van der Waals surface area contributed by atoms with Crippen molar-refractivity contribution in [1.82, 2.24) is 15.0 Å². The molecule has 0 amide bonds. The molecular formula is C12H16N4S. The summed E-state index contributed by atoms with van der Waals surface area (Å²) in [6.45, 7) is 6.14. The predicted octanol–water partition coefficient (Wildman–Crippen LogP) is 2.98. The van der Waals surface area contributed by atoms with Crippen molar-refractivity contribution in [2.45, 2.75) is 33.2 Å². The lowest BCUT2D eigenvalue weighted by Crippen LogP contribution is -2.10. The molecule has 0 bridgehead atoms. The van der Waals surface area contributed by atoms with Crippen LogP contribution in [0.25, 0.3) is 0 Å². The average molecular weight is 248 g/mol. The van der Waals surface area contributed by atoms with E-state index in [0.29, 0.717) is 5.95 Å². The molecule has 0 aromatic carbocycles. The highest BCUT2D eigenvalue weighted by atomic mass is 32.1. The Labute approximate surface area is 105 Å². The molecular weight excluding hydrogens is 232 g/mol. The fourth-order valence-corrected chi connectivity index (χ4v) is 2.31. The van der Waals surface area contributed by atoms with E-state index in [9.17, 15) is 0 Å². The van der Waals surface area contributed by atoms with Gasteiger partial charge in [-0.2, -0.15) is 0 Å². The van der Waals surface area contributed by atoms with Gasteiger partial charge in [0.15, 0.2) is 0 Å². The molecule has 2 heterocycles. The Kier molecular flexibility index (Phi) is 3.68. The molecule has 0 fully saturated rings. The number of aryl methyl sites for hydroxylation is 2. The summed E-state index contributed by atoms with van der Waals surface area (Å²) in [5, 5.41) is 6.51. The quantitative estimate of drug-likeness (QED) is 0.903. The maximum atomic E-state index is 4.55. The van der Waals surface area contributed by atoms with Gasteiger partial charge in [-0.3, -0.25) is 0 Å². The zero-order valence-electron chi connectivity index (χ0n) is 10.3. The molecule has 4 nitrogen and oxygen atoms in total. The molecule has 0 saturated carbocycles. The third-order valence-corrected chi connectivity index (χ3v) is 3.47. The molecule has 90 valence electrons. The molecule has 0 aliphatic rings. The molecule has 1 unspecified atom stereocenters. The number of aromatic nitrogens is 3. The maximum absolute atomic E-state index is 4.55. The molecule has 2 aromatic rings. The van der Waals surface area contributed by atoms with E-state index >= 15 is 0 Å². The Morgan fingerprint density at radius 2 is 2.24 bits per heavy atom. The van der Waals surface area contributed by atoms with Gasteiger partial charge >= 0.3 is 0 Å². The monoisotopic (exact) mass is 248 g/mol. The second-order valence-corrected chi connectivity index (χ2v) is 4.85. The molecule has 1 atom stereocenters. The lowest BCUT2D eigenvalue weighted by Gasteiger charge is -2.11. The summed E-state index contributed by atoms with van der Waals surface area (Å²) in [5.41, 5.74) is 2.01. The van der Waals surface area contributed by atoms with Crippen molar-refractivity contribution in [3.05, 3.63) is 34.0 Å². The Balaban J connectivity index is 2.08. The Bertz CT molecular complexity index is 495. The number of hydrogen-bond donors (Lipinski definition) is 1. The first-order valence-corrected chi connectivity index (χ1v) is 6.57. The van der Waals surface area contributed by atoms with Crippen LogP contribution in [0.15, 0.2) is 17.6 Å². The summed E-state index contributed by atoms with van der Waals surface area (Å²) in [6, 6.07) is 2.02. The smallest absolute Gasteiger partial charge is 0.223 e. The van der Waals surface area contributed by atoms with Crippen LogP contribution in [-0.2, 0) is 6.42 Å². The van der Waals surface area contributed by atoms with E-state index < -0.39 is 0 Å². The van der Waals surface area contributed by atoms with Gasteiger partial charge in [0.1, 0.15) is 0 Å². The molecule has 0 aliphatic heterocycles. The minimum atomic E-state index is 0.133. The number of nitrogens with zero attached hydrogens (tertiary/aromatic N) is 3. The summed E-state index contributed by atoms with van der Waals surface area (Å²) in [7, 11) is 0. The minimum Gasteiger partial charge on any atom is -0.346 e. The summed E-state index contributed by atoms with van der Waals surface area (Å²) in [5.74, 6) is 0.656. The molecule has 0 saturated heterocycles. The van der Waals surface area contributed by atoms with Gasteiger partial charge in [-0.15, -0.1) is 11.3 Å². The fraction of sp³-hybridized carbons (Fsp3) is 0.417. The van der Waals surface area contributed by atoms with Gasteiger partial charge in [0.2, 0.25) is 5.95 Å². The van der Waals surface area contributed by atoms with Crippen LogP contribution in [0, 0.1) is 6.92 Å². The lowest BCUT2D eigenvalue weighted by molar-refractivity contribution is 0.820. The molecule has 0 aliphatic carbocycles. The molecule has 5 heteroatoms. The van der Waals surface area contributed by atoms with E-state index in [4.69, 9.17) is 0 Å². The van der Waals surface area contributed by atoms with E-state index in [1.54, 1.807) is 17.5 Å². The van der Waals surface area contributed by atoms with Crippen molar-refractivity contribution in [3.63, 3.8) is 0 Å². The van der Waals surface area contributed by atoms with Crippen LogP contribution in [0.1, 0.15) is 36.3 Å². The van der Waals surface area contributed by atoms with Crippen LogP contribution < -0.4 is 5.32 Å². The van der Waals surface area contributed by atoms with Gasteiger partial charge in [-0.05, 0) is 26.3 Å². The topological polar surface area (TPSA) is 50.7 Å². The first-order chi connectivity index (χ1) is 8.19. The zero-order valence-corrected chi connectivity index (χ0v) is 11.1. The van der Waals surface area contributed by atoms with Crippen LogP contribution in [0.5, 0.6) is 0 Å². The molecule has 1 N–H and O–H groups in total.